The Morgan fingerprint density at radius 3 is 2.69 bits per heavy atom. The normalized spacial score (nSPS) is 11.8. The van der Waals surface area contributed by atoms with Crippen molar-refractivity contribution in [2.45, 2.75) is 26.0 Å². The van der Waals surface area contributed by atoms with Crippen molar-refractivity contribution in [3.63, 3.8) is 0 Å². The molecule has 0 aliphatic rings. The summed E-state index contributed by atoms with van der Waals surface area (Å²) < 4.78 is 16.1. The van der Waals surface area contributed by atoms with E-state index >= 15 is 0 Å². The highest BCUT2D eigenvalue weighted by Gasteiger charge is 2.23. The lowest BCUT2D eigenvalue weighted by Crippen LogP contribution is -2.42. The number of rotatable bonds is 8. The first-order valence-electron chi connectivity index (χ1n) is 10.1. The summed E-state index contributed by atoms with van der Waals surface area (Å²) in [5, 5.41) is 3.67. The summed E-state index contributed by atoms with van der Waals surface area (Å²) in [5.74, 6) is 0.291. The van der Waals surface area contributed by atoms with E-state index in [1.54, 1.807) is 7.11 Å². The summed E-state index contributed by atoms with van der Waals surface area (Å²) in [5.41, 5.74) is 3.13. The average Bonchev–Trinajstić information content (AvgIpc) is 3.44. The van der Waals surface area contributed by atoms with Crippen molar-refractivity contribution in [3.8, 4) is 17.2 Å². The molecule has 2 heterocycles. The highest BCUT2D eigenvalue weighted by molar-refractivity contribution is 5.86. The van der Waals surface area contributed by atoms with Gasteiger partial charge in [0.2, 0.25) is 11.8 Å². The number of para-hydroxylation sites is 1. The van der Waals surface area contributed by atoms with Gasteiger partial charge in [-0.05, 0) is 35.9 Å². The van der Waals surface area contributed by atoms with Gasteiger partial charge in [0.05, 0.1) is 7.11 Å². The molecule has 2 aromatic heterocycles. The third-order valence-electron chi connectivity index (χ3n) is 5.01. The van der Waals surface area contributed by atoms with Gasteiger partial charge in [-0.1, -0.05) is 18.2 Å². The Morgan fingerprint density at radius 2 is 1.94 bits per heavy atom. The predicted octanol–water partition coefficient (Wildman–Crippen LogP) is 3.62. The van der Waals surface area contributed by atoms with Crippen LogP contribution in [0.4, 0.5) is 0 Å². The maximum absolute atomic E-state index is 12.7. The number of aromatic amines is 1. The van der Waals surface area contributed by atoms with Crippen LogP contribution in [0.1, 0.15) is 18.2 Å². The number of amides is 1. The molecule has 8 heteroatoms. The Balaban J connectivity index is 1.42. The van der Waals surface area contributed by atoms with Crippen LogP contribution >= 0.6 is 0 Å². The average molecular weight is 433 g/mol. The molecule has 164 valence electrons. The quantitative estimate of drug-likeness (QED) is 0.411. The molecule has 0 saturated heterocycles. The maximum atomic E-state index is 12.7. The molecule has 0 bridgehead atoms. The number of carbonyl (C=O) groups is 2. The van der Waals surface area contributed by atoms with Gasteiger partial charge in [0.25, 0.3) is 0 Å². The van der Waals surface area contributed by atoms with Crippen LogP contribution in [0.25, 0.3) is 22.4 Å². The van der Waals surface area contributed by atoms with Gasteiger partial charge in [-0.3, -0.25) is 4.79 Å². The zero-order valence-corrected chi connectivity index (χ0v) is 17.8. The van der Waals surface area contributed by atoms with Gasteiger partial charge >= 0.3 is 5.97 Å². The van der Waals surface area contributed by atoms with Gasteiger partial charge in [-0.2, -0.15) is 0 Å². The molecule has 4 rings (SSSR count). The van der Waals surface area contributed by atoms with Crippen LogP contribution in [0, 0.1) is 0 Å². The van der Waals surface area contributed by atoms with Crippen molar-refractivity contribution in [2.75, 3.05) is 7.11 Å². The molecule has 1 atom stereocenters. The fourth-order valence-electron chi connectivity index (χ4n) is 3.44. The van der Waals surface area contributed by atoms with Crippen LogP contribution in [0.3, 0.4) is 0 Å². The first kappa shape index (κ1) is 21.2. The molecule has 2 N–H and O–H groups in total. The second-order valence-electron chi connectivity index (χ2n) is 7.30. The van der Waals surface area contributed by atoms with Gasteiger partial charge < -0.3 is 24.2 Å². The molecule has 0 aliphatic heterocycles. The van der Waals surface area contributed by atoms with Crippen molar-refractivity contribution in [1.82, 2.24) is 15.3 Å². The second kappa shape index (κ2) is 9.38. The standard InChI is InChI=1S/C24H23N3O5/c1-15(28)26-22(11-17-12-25-21-6-4-3-5-20(17)21)24(29)32-14-18-13-31-23(27-18)16-7-9-19(30-2)10-8-16/h3-10,12-13,22,25H,11,14H2,1-2H3,(H,26,28)/t22-/m0/s1. The SMILES string of the molecule is COc1ccc(-c2nc(COC(=O)[C@H](Cc3c[nH]c4ccccc34)NC(C)=O)co2)cc1. The lowest BCUT2D eigenvalue weighted by atomic mass is 10.0. The number of H-pyrrole nitrogens is 1. The third kappa shape index (κ3) is 4.80. The van der Waals surface area contributed by atoms with E-state index in [0.717, 1.165) is 27.8 Å². The Bertz CT molecular complexity index is 1230. The topological polar surface area (TPSA) is 106 Å². The number of oxazole rings is 1. The number of aromatic nitrogens is 2. The van der Waals surface area contributed by atoms with Crippen molar-refractivity contribution >= 4 is 22.8 Å². The maximum Gasteiger partial charge on any atom is 0.329 e. The summed E-state index contributed by atoms with van der Waals surface area (Å²) in [4.78, 5) is 32.0. The largest absolute Gasteiger partial charge is 0.497 e. The monoisotopic (exact) mass is 433 g/mol. The number of ether oxygens (including phenoxy) is 2. The smallest absolute Gasteiger partial charge is 0.329 e. The molecule has 0 unspecified atom stereocenters. The molecule has 0 radical (unpaired) electrons. The van der Waals surface area contributed by atoms with Crippen molar-refractivity contribution in [3.05, 3.63) is 72.2 Å². The first-order valence-corrected chi connectivity index (χ1v) is 10.1. The van der Waals surface area contributed by atoms with E-state index in [2.05, 4.69) is 15.3 Å². The van der Waals surface area contributed by atoms with E-state index in [4.69, 9.17) is 13.9 Å². The zero-order valence-electron chi connectivity index (χ0n) is 17.8. The van der Waals surface area contributed by atoms with Crippen LogP contribution in [0.2, 0.25) is 0 Å². The van der Waals surface area contributed by atoms with E-state index in [-0.39, 0.29) is 12.5 Å². The summed E-state index contributed by atoms with van der Waals surface area (Å²) in [7, 11) is 1.60. The fraction of sp³-hybridized carbons (Fsp3) is 0.208. The summed E-state index contributed by atoms with van der Waals surface area (Å²) in [6.45, 7) is 1.30. The van der Waals surface area contributed by atoms with E-state index < -0.39 is 12.0 Å². The Kier molecular flexibility index (Phi) is 6.21. The van der Waals surface area contributed by atoms with E-state index in [9.17, 15) is 9.59 Å². The lowest BCUT2D eigenvalue weighted by molar-refractivity contribution is -0.149. The highest BCUT2D eigenvalue weighted by Crippen LogP contribution is 2.22. The van der Waals surface area contributed by atoms with E-state index in [0.29, 0.717) is 18.0 Å². The molecule has 1 amide bonds. The number of nitrogens with one attached hydrogen (secondary N) is 2. The van der Waals surface area contributed by atoms with Crippen LogP contribution in [0.5, 0.6) is 5.75 Å². The number of hydrogen-bond donors (Lipinski definition) is 2. The van der Waals surface area contributed by atoms with Crippen molar-refractivity contribution in [2.24, 2.45) is 0 Å². The van der Waals surface area contributed by atoms with Crippen LogP contribution < -0.4 is 10.1 Å². The molecule has 4 aromatic rings. The third-order valence-corrected chi connectivity index (χ3v) is 5.01. The minimum absolute atomic E-state index is 0.0670. The molecule has 32 heavy (non-hydrogen) atoms. The van der Waals surface area contributed by atoms with Crippen LogP contribution in [-0.4, -0.2) is 35.0 Å². The van der Waals surface area contributed by atoms with E-state index in [1.807, 2.05) is 54.7 Å². The highest BCUT2D eigenvalue weighted by atomic mass is 16.5. The number of nitrogens with zero attached hydrogens (tertiary/aromatic N) is 1. The first-order chi connectivity index (χ1) is 15.5. The lowest BCUT2D eigenvalue weighted by Gasteiger charge is -2.16. The minimum atomic E-state index is -0.820. The van der Waals surface area contributed by atoms with Crippen LogP contribution in [-0.2, 0) is 27.4 Å². The molecule has 0 saturated carbocycles. The van der Waals surface area contributed by atoms with Gasteiger partial charge in [0.1, 0.15) is 30.4 Å². The zero-order chi connectivity index (χ0) is 22.5. The minimum Gasteiger partial charge on any atom is -0.497 e. The number of esters is 1. The van der Waals surface area contributed by atoms with Gasteiger partial charge in [-0.15, -0.1) is 0 Å². The van der Waals surface area contributed by atoms with Crippen molar-refractivity contribution < 1.29 is 23.5 Å². The Hall–Kier alpha value is -4.07. The van der Waals surface area contributed by atoms with E-state index in [1.165, 1.54) is 13.2 Å². The number of benzene rings is 2. The molecule has 2 aromatic carbocycles. The molecular weight excluding hydrogens is 410 g/mol. The van der Waals surface area contributed by atoms with Gasteiger partial charge in [-0.25, -0.2) is 9.78 Å². The number of carbonyl (C=O) groups excluding carboxylic acids is 2. The molecule has 8 nitrogen and oxygen atoms in total. The van der Waals surface area contributed by atoms with Gasteiger partial charge in [0.15, 0.2) is 0 Å². The molecule has 0 fully saturated rings. The number of fused-ring (bicyclic) bond motifs is 1. The second-order valence-corrected chi connectivity index (χ2v) is 7.30. The van der Waals surface area contributed by atoms with Crippen molar-refractivity contribution in [1.29, 1.82) is 0 Å². The fourth-order valence-corrected chi connectivity index (χ4v) is 3.44. The number of hydrogen-bond acceptors (Lipinski definition) is 6. The molecular formula is C24H23N3O5. The summed E-state index contributed by atoms with van der Waals surface area (Å²) >= 11 is 0. The van der Waals surface area contributed by atoms with Gasteiger partial charge in [0, 0.05) is 36.0 Å². The summed E-state index contributed by atoms with van der Waals surface area (Å²) in [6.07, 6.45) is 3.59. The predicted molar refractivity (Wildman–Crippen MR) is 118 cm³/mol. The Labute approximate surface area is 184 Å². The summed E-state index contributed by atoms with van der Waals surface area (Å²) in [6, 6.07) is 14.2. The molecule has 0 spiro atoms. The Morgan fingerprint density at radius 1 is 1.16 bits per heavy atom. The molecule has 0 aliphatic carbocycles. The van der Waals surface area contributed by atoms with Crippen LogP contribution in [0.15, 0.2) is 65.4 Å². The number of methoxy groups -OCH3 is 1.